The average molecular weight is 564 g/mol. The molecule has 1 aliphatic rings. The molecule has 0 saturated carbocycles. The number of fused-ring (bicyclic) bond motifs is 2. The molecule has 39 heavy (non-hydrogen) atoms. The van der Waals surface area contributed by atoms with Gasteiger partial charge in [0.15, 0.2) is 4.80 Å². The molecule has 2 aromatic heterocycles. The van der Waals surface area contributed by atoms with Crippen LogP contribution in [0.5, 0.6) is 5.75 Å². The van der Waals surface area contributed by atoms with Crippen LogP contribution in [0.3, 0.4) is 0 Å². The molecule has 9 heteroatoms. The second-order valence-electron chi connectivity index (χ2n) is 9.71. The quantitative estimate of drug-likeness (QED) is 0.283. The third-order valence-electron chi connectivity index (χ3n) is 6.77. The number of hydrogen-bond donors (Lipinski definition) is 0. The summed E-state index contributed by atoms with van der Waals surface area (Å²) < 4.78 is 15.4. The summed E-state index contributed by atoms with van der Waals surface area (Å²) in [6, 6.07) is 12.8. The number of halogens is 1. The minimum atomic E-state index is -0.807. The first-order valence-corrected chi connectivity index (χ1v) is 14.1. The Balaban J connectivity index is 1.78. The first kappa shape index (κ1) is 27.0. The van der Waals surface area contributed by atoms with Crippen LogP contribution in [0.1, 0.15) is 57.3 Å². The minimum Gasteiger partial charge on any atom is -0.493 e. The summed E-state index contributed by atoms with van der Waals surface area (Å²) in [6.45, 7) is 8.50. The number of thiazole rings is 1. The lowest BCUT2D eigenvalue weighted by Gasteiger charge is -2.26. The predicted octanol–water partition coefficient (Wildman–Crippen LogP) is 5.39. The maximum Gasteiger partial charge on any atom is 0.338 e. The van der Waals surface area contributed by atoms with E-state index in [9.17, 15) is 9.59 Å². The molecule has 0 bridgehead atoms. The molecule has 0 amide bonds. The molecule has 4 aromatic rings. The van der Waals surface area contributed by atoms with E-state index in [2.05, 4.69) is 41.7 Å². The second-order valence-corrected chi connectivity index (χ2v) is 11.2. The summed E-state index contributed by atoms with van der Waals surface area (Å²) in [5.74, 6) is -0.00566. The number of allylic oxidation sites excluding steroid dienone is 1. The zero-order chi connectivity index (χ0) is 27.8. The molecule has 0 saturated heterocycles. The number of rotatable bonds is 7. The Kier molecular flexibility index (Phi) is 7.51. The number of hydrogen-bond acceptors (Lipinski definition) is 6. The molecule has 7 nitrogen and oxygen atoms in total. The SMILES string of the molecule is CCCOc1ccc(Cl)cc1[C@@H]1C(C(=O)OC)=C(C)N=c2s/c(=C/c3cn(C(C)C)c4ccccc34)c(=O)n21. The molecule has 202 valence electrons. The molecule has 0 spiro atoms. The fourth-order valence-corrected chi connectivity index (χ4v) is 6.20. The summed E-state index contributed by atoms with van der Waals surface area (Å²) in [4.78, 5) is 32.3. The van der Waals surface area contributed by atoms with E-state index in [1.165, 1.54) is 18.4 Å². The van der Waals surface area contributed by atoms with Gasteiger partial charge < -0.3 is 14.0 Å². The lowest BCUT2D eigenvalue weighted by atomic mass is 9.95. The lowest BCUT2D eigenvalue weighted by molar-refractivity contribution is -0.136. The molecule has 5 rings (SSSR count). The standard InChI is InChI=1S/C30H30ClN3O4S/c1-6-13-38-24-12-11-20(31)15-22(24)27-26(29(36)37-5)18(4)32-30-34(27)28(35)25(39-30)14-19-16-33(17(2)3)23-10-8-7-9-21(19)23/h7-12,14-17,27H,6,13H2,1-5H3/b25-14+/t27-/m1/s1. The Labute approximate surface area is 235 Å². The topological polar surface area (TPSA) is 74.8 Å². The molecule has 0 N–H and O–H groups in total. The Morgan fingerprint density at radius 1 is 1.23 bits per heavy atom. The normalized spacial score (nSPS) is 15.6. The predicted molar refractivity (Wildman–Crippen MR) is 155 cm³/mol. The molecule has 3 heterocycles. The van der Waals surface area contributed by atoms with Crippen LogP contribution in [-0.4, -0.2) is 28.8 Å². The van der Waals surface area contributed by atoms with Crippen LogP contribution >= 0.6 is 22.9 Å². The molecule has 2 aromatic carbocycles. The third-order valence-corrected chi connectivity index (χ3v) is 7.99. The zero-order valence-corrected chi connectivity index (χ0v) is 24.1. The number of carbonyl (C=O) groups excluding carboxylic acids is 1. The van der Waals surface area contributed by atoms with Gasteiger partial charge in [0, 0.05) is 39.3 Å². The van der Waals surface area contributed by atoms with Crippen LogP contribution in [0, 0.1) is 0 Å². The summed E-state index contributed by atoms with van der Waals surface area (Å²) in [6.07, 6.45) is 4.78. The Morgan fingerprint density at radius 3 is 2.72 bits per heavy atom. The van der Waals surface area contributed by atoms with Gasteiger partial charge in [0.2, 0.25) is 0 Å². The first-order valence-electron chi connectivity index (χ1n) is 12.9. The summed E-state index contributed by atoms with van der Waals surface area (Å²) in [7, 11) is 1.32. The summed E-state index contributed by atoms with van der Waals surface area (Å²) in [5.41, 5.74) is 3.16. The highest BCUT2D eigenvalue weighted by Crippen LogP contribution is 2.37. The van der Waals surface area contributed by atoms with Crippen molar-refractivity contribution in [1.82, 2.24) is 9.13 Å². The number of aromatic nitrogens is 2. The molecular weight excluding hydrogens is 534 g/mol. The minimum absolute atomic E-state index is 0.250. The largest absolute Gasteiger partial charge is 0.493 e. The van der Waals surface area contributed by atoms with Gasteiger partial charge in [0.25, 0.3) is 5.56 Å². The van der Waals surface area contributed by atoms with E-state index >= 15 is 0 Å². The Hall–Kier alpha value is -3.62. The average Bonchev–Trinajstić information content (AvgIpc) is 3.44. The maximum absolute atomic E-state index is 14.1. The number of ether oxygens (including phenoxy) is 2. The molecule has 0 fully saturated rings. The van der Waals surface area contributed by atoms with Gasteiger partial charge in [-0.1, -0.05) is 48.1 Å². The van der Waals surface area contributed by atoms with Gasteiger partial charge in [0.1, 0.15) is 11.8 Å². The van der Waals surface area contributed by atoms with Gasteiger partial charge in [-0.3, -0.25) is 9.36 Å². The fraction of sp³-hybridized carbons (Fsp3) is 0.300. The van der Waals surface area contributed by atoms with Crippen LogP contribution in [0.4, 0.5) is 0 Å². The van der Waals surface area contributed by atoms with Crippen molar-refractivity contribution in [2.45, 2.75) is 46.2 Å². The van der Waals surface area contributed by atoms with Crippen molar-refractivity contribution in [2.24, 2.45) is 4.99 Å². The van der Waals surface area contributed by atoms with Gasteiger partial charge in [0.05, 0.1) is 29.5 Å². The van der Waals surface area contributed by atoms with E-state index in [1.807, 2.05) is 25.1 Å². The Morgan fingerprint density at radius 2 is 2.00 bits per heavy atom. The highest BCUT2D eigenvalue weighted by atomic mass is 35.5. The molecule has 1 atom stereocenters. The number of esters is 1. The Bertz CT molecular complexity index is 1790. The highest BCUT2D eigenvalue weighted by Gasteiger charge is 2.35. The van der Waals surface area contributed by atoms with Gasteiger partial charge >= 0.3 is 5.97 Å². The van der Waals surface area contributed by atoms with Crippen molar-refractivity contribution >= 4 is 45.9 Å². The maximum atomic E-state index is 14.1. The molecule has 0 radical (unpaired) electrons. The third kappa shape index (κ3) is 4.83. The van der Waals surface area contributed by atoms with Gasteiger partial charge in [-0.2, -0.15) is 0 Å². The van der Waals surface area contributed by atoms with E-state index < -0.39 is 12.0 Å². The fourth-order valence-electron chi connectivity index (χ4n) is 4.98. The molecule has 1 aliphatic heterocycles. The van der Waals surface area contributed by atoms with Crippen molar-refractivity contribution < 1.29 is 14.3 Å². The lowest BCUT2D eigenvalue weighted by Crippen LogP contribution is -2.40. The highest BCUT2D eigenvalue weighted by molar-refractivity contribution is 7.07. The van der Waals surface area contributed by atoms with Crippen molar-refractivity contribution in [3.63, 3.8) is 0 Å². The molecular formula is C30H30ClN3O4S. The van der Waals surface area contributed by atoms with Crippen molar-refractivity contribution in [3.05, 3.63) is 95.8 Å². The van der Waals surface area contributed by atoms with Gasteiger partial charge in [-0.15, -0.1) is 0 Å². The monoisotopic (exact) mass is 563 g/mol. The molecule has 0 aliphatic carbocycles. The number of carbonyl (C=O) groups is 1. The number of benzene rings is 2. The summed E-state index contributed by atoms with van der Waals surface area (Å²) >= 11 is 7.72. The first-order chi connectivity index (χ1) is 18.7. The van der Waals surface area contributed by atoms with Crippen LogP contribution in [0.2, 0.25) is 5.02 Å². The number of methoxy groups -OCH3 is 1. The smallest absolute Gasteiger partial charge is 0.338 e. The summed E-state index contributed by atoms with van der Waals surface area (Å²) in [5, 5.41) is 1.53. The van der Waals surface area contributed by atoms with Crippen LogP contribution in [-0.2, 0) is 9.53 Å². The van der Waals surface area contributed by atoms with Gasteiger partial charge in [-0.05, 0) is 57.5 Å². The zero-order valence-electron chi connectivity index (χ0n) is 22.5. The van der Waals surface area contributed by atoms with Crippen molar-refractivity contribution in [1.29, 1.82) is 0 Å². The van der Waals surface area contributed by atoms with Gasteiger partial charge in [-0.25, -0.2) is 9.79 Å². The van der Waals surface area contributed by atoms with Crippen LogP contribution in [0.25, 0.3) is 17.0 Å². The van der Waals surface area contributed by atoms with E-state index in [0.29, 0.717) is 38.0 Å². The number of nitrogens with zero attached hydrogens (tertiary/aromatic N) is 3. The van der Waals surface area contributed by atoms with Crippen molar-refractivity contribution in [3.8, 4) is 5.75 Å². The van der Waals surface area contributed by atoms with E-state index in [1.54, 1.807) is 29.7 Å². The number of para-hydroxylation sites is 1. The van der Waals surface area contributed by atoms with Crippen molar-refractivity contribution in [2.75, 3.05) is 13.7 Å². The van der Waals surface area contributed by atoms with Crippen LogP contribution in [0.15, 0.2) is 69.7 Å². The molecule has 0 unspecified atom stereocenters. The van der Waals surface area contributed by atoms with E-state index in [0.717, 1.165) is 22.9 Å². The van der Waals surface area contributed by atoms with Crippen LogP contribution < -0.4 is 19.6 Å². The van der Waals surface area contributed by atoms with E-state index in [-0.39, 0.29) is 17.2 Å². The van der Waals surface area contributed by atoms with E-state index in [4.69, 9.17) is 21.1 Å². The second kappa shape index (κ2) is 10.9.